The number of alkyl halides is 3. The van der Waals surface area contributed by atoms with Crippen LogP contribution in [0.2, 0.25) is 0 Å². The van der Waals surface area contributed by atoms with Crippen LogP contribution in [-0.4, -0.2) is 53.6 Å². The van der Waals surface area contributed by atoms with Crippen molar-refractivity contribution in [2.75, 3.05) is 19.6 Å². The lowest BCUT2D eigenvalue weighted by atomic mass is 9.89. The van der Waals surface area contributed by atoms with Gasteiger partial charge in [0.1, 0.15) is 5.65 Å². The Balaban J connectivity index is 1.23. The molecule has 0 amide bonds. The van der Waals surface area contributed by atoms with E-state index in [1.807, 2.05) is 26.8 Å². The van der Waals surface area contributed by atoms with Crippen molar-refractivity contribution in [1.82, 2.24) is 14.3 Å². The third-order valence-electron chi connectivity index (χ3n) is 9.32. The number of pyridine rings is 1. The highest BCUT2D eigenvalue weighted by Crippen LogP contribution is 2.70. The summed E-state index contributed by atoms with van der Waals surface area (Å²) in [6.07, 6.45) is 3.45. The van der Waals surface area contributed by atoms with Crippen LogP contribution in [-0.2, 0) is 20.2 Å². The van der Waals surface area contributed by atoms with Gasteiger partial charge in [0.15, 0.2) is 5.78 Å². The number of aromatic nitrogens is 2. The fraction of sp³-hybridized carbons (Fsp3) is 0.289. The summed E-state index contributed by atoms with van der Waals surface area (Å²) in [5.74, 6) is -0.362. The normalized spacial score (nSPS) is 15.3. The third kappa shape index (κ3) is 7.39. The lowest BCUT2D eigenvalue weighted by Gasteiger charge is -2.39. The highest BCUT2D eigenvalue weighted by molar-refractivity contribution is 8.33. The monoisotopic (exact) mass is 737 g/mol. The summed E-state index contributed by atoms with van der Waals surface area (Å²) in [7, 11) is -9.55. The number of carbonyl (C=O) groups is 1. The quantitative estimate of drug-likeness (QED) is 0.107. The molecule has 0 spiro atoms. The summed E-state index contributed by atoms with van der Waals surface area (Å²) in [6, 6.07) is 24.6. The van der Waals surface area contributed by atoms with Gasteiger partial charge in [-0.1, -0.05) is 53.6 Å². The first-order valence-corrected chi connectivity index (χ1v) is 19.5. The van der Waals surface area contributed by atoms with Gasteiger partial charge in [-0.05, 0) is 112 Å². The lowest BCUT2D eigenvalue weighted by Crippen LogP contribution is -2.38. The molecule has 0 aliphatic carbocycles. The second-order valence-electron chi connectivity index (χ2n) is 12.8. The Morgan fingerprint density at radius 3 is 1.88 bits per heavy atom. The molecule has 3 aromatic carbocycles. The first-order valence-electron chi connectivity index (χ1n) is 16.5. The summed E-state index contributed by atoms with van der Waals surface area (Å²) in [5.41, 5.74) is -1.73. The molecule has 13 heteroatoms. The van der Waals surface area contributed by atoms with Crippen molar-refractivity contribution in [3.8, 4) is 0 Å². The zero-order chi connectivity index (χ0) is 36.6. The van der Waals surface area contributed by atoms with Gasteiger partial charge in [-0.25, -0.2) is 4.98 Å². The largest absolute Gasteiger partial charge is 0.524 e. The van der Waals surface area contributed by atoms with Gasteiger partial charge in [-0.15, -0.1) is 0 Å². The van der Waals surface area contributed by atoms with E-state index in [0.29, 0.717) is 61.4 Å². The average Bonchev–Trinajstić information content (AvgIpc) is 3.11. The molecule has 0 unspecified atom stereocenters. The number of fused-ring (bicyclic) bond motifs is 1. The molecular formula is C38H38F3N3O5S2. The van der Waals surface area contributed by atoms with Crippen LogP contribution < -0.4 is 5.56 Å². The van der Waals surface area contributed by atoms with E-state index < -0.39 is 25.9 Å². The number of ketones is 1. The summed E-state index contributed by atoms with van der Waals surface area (Å²) >= 11 is 0. The van der Waals surface area contributed by atoms with E-state index in [-0.39, 0.29) is 31.9 Å². The van der Waals surface area contributed by atoms with Crippen molar-refractivity contribution < 1.29 is 30.0 Å². The van der Waals surface area contributed by atoms with Crippen molar-refractivity contribution in [3.05, 3.63) is 135 Å². The first-order chi connectivity index (χ1) is 24.2. The second kappa shape index (κ2) is 14.4. The van der Waals surface area contributed by atoms with E-state index in [4.69, 9.17) is 3.63 Å². The van der Waals surface area contributed by atoms with E-state index in [9.17, 15) is 31.2 Å². The van der Waals surface area contributed by atoms with Gasteiger partial charge in [0.2, 0.25) is 0 Å². The van der Waals surface area contributed by atoms with Crippen LogP contribution in [0, 0.1) is 26.7 Å². The molecule has 0 N–H and O–H groups in total. The molecule has 51 heavy (non-hydrogen) atoms. The fourth-order valence-corrected chi connectivity index (χ4v) is 11.1. The van der Waals surface area contributed by atoms with Crippen molar-refractivity contribution >= 4 is 31.9 Å². The van der Waals surface area contributed by atoms with E-state index in [1.165, 1.54) is 12.1 Å². The van der Waals surface area contributed by atoms with Gasteiger partial charge in [0.25, 0.3) is 5.56 Å². The molecule has 8 nitrogen and oxygen atoms in total. The van der Waals surface area contributed by atoms with Crippen LogP contribution in [0.1, 0.15) is 45.6 Å². The third-order valence-corrected chi connectivity index (χ3v) is 14.2. The zero-order valence-corrected chi connectivity index (χ0v) is 30.0. The number of carbonyl (C=O) groups excluding carboxylic acids is 1. The highest BCUT2D eigenvalue weighted by atomic mass is 32.3. The lowest BCUT2D eigenvalue weighted by molar-refractivity contribution is -0.0496. The van der Waals surface area contributed by atoms with Crippen LogP contribution in [0.15, 0.2) is 117 Å². The minimum absolute atomic E-state index is 0.0800. The van der Waals surface area contributed by atoms with Crippen LogP contribution in [0.25, 0.3) is 5.65 Å². The molecule has 1 fully saturated rings. The van der Waals surface area contributed by atoms with Gasteiger partial charge < -0.3 is 4.90 Å². The Morgan fingerprint density at radius 1 is 0.824 bits per heavy atom. The smallest absolute Gasteiger partial charge is 0.303 e. The molecule has 2 aromatic heterocycles. The van der Waals surface area contributed by atoms with Crippen molar-refractivity contribution in [3.63, 3.8) is 0 Å². The maximum absolute atomic E-state index is 13.9. The maximum Gasteiger partial charge on any atom is 0.524 e. The fourth-order valence-electron chi connectivity index (χ4n) is 6.42. The Morgan fingerprint density at radius 2 is 1.35 bits per heavy atom. The summed E-state index contributed by atoms with van der Waals surface area (Å²) in [4.78, 5) is 34.3. The molecule has 1 aliphatic heterocycles. The van der Waals surface area contributed by atoms with Crippen molar-refractivity contribution in [1.29, 1.82) is 0 Å². The highest BCUT2D eigenvalue weighted by Gasteiger charge is 2.52. The molecule has 6 rings (SSSR count). The van der Waals surface area contributed by atoms with Gasteiger partial charge in [-0.2, -0.15) is 25.2 Å². The van der Waals surface area contributed by atoms with Crippen molar-refractivity contribution in [2.24, 2.45) is 5.92 Å². The van der Waals surface area contributed by atoms with E-state index in [0.717, 1.165) is 11.1 Å². The van der Waals surface area contributed by atoms with Gasteiger partial charge in [0.05, 0.1) is 0 Å². The number of rotatable bonds is 10. The number of hydrogen-bond acceptors (Lipinski definition) is 7. The predicted molar refractivity (Wildman–Crippen MR) is 191 cm³/mol. The Kier molecular flexibility index (Phi) is 10.3. The molecule has 1 saturated heterocycles. The molecule has 0 saturated carbocycles. The van der Waals surface area contributed by atoms with Gasteiger partial charge >= 0.3 is 15.6 Å². The second-order valence-corrected chi connectivity index (χ2v) is 17.3. The van der Waals surface area contributed by atoms with Crippen LogP contribution >= 0.6 is 10.3 Å². The predicted octanol–water partition coefficient (Wildman–Crippen LogP) is 7.82. The molecular weight excluding hydrogens is 700 g/mol. The van der Waals surface area contributed by atoms with Gasteiger partial charge in [-0.3, -0.25) is 14.0 Å². The molecule has 0 bridgehead atoms. The maximum atomic E-state index is 13.9. The number of hydrogen-bond donors (Lipinski definition) is 0. The minimum Gasteiger partial charge on any atom is -0.303 e. The number of nitrogens with zero attached hydrogens (tertiary/aromatic N) is 3. The number of likely N-dealkylation sites (tertiary alicyclic amines) is 1. The number of benzene rings is 3. The van der Waals surface area contributed by atoms with E-state index in [1.54, 1.807) is 83.4 Å². The average molecular weight is 738 g/mol. The molecule has 1 aliphatic rings. The summed E-state index contributed by atoms with van der Waals surface area (Å²) < 4.78 is 74.1. The Hall–Kier alpha value is -4.30. The first kappa shape index (κ1) is 36.5. The number of Topliss-reactive ketones (excluding diaryl/α,β-unsaturated/α-hetero) is 1. The number of piperidine rings is 1. The molecule has 3 heterocycles. The van der Waals surface area contributed by atoms with Crippen molar-refractivity contribution in [2.45, 2.75) is 60.2 Å². The summed E-state index contributed by atoms with van der Waals surface area (Å²) in [6.45, 7) is 7.44. The van der Waals surface area contributed by atoms with E-state index >= 15 is 0 Å². The standard InChI is InChI=1S/C38H38F3N3O5S2/c1-26-7-13-31(14-8-26)50(32-15-9-27(2)10-16-32,49-51(47,48)38(39,40)41)33-17-11-29(12-18-33)36(45)30-19-23-43(24-20-30)25-21-34-28(3)42-35-6-4-5-22-44(35)37(34)46/h4-18,22,30H,19-21,23-25H2,1-3H3. The molecule has 0 radical (unpaired) electrons. The SMILES string of the molecule is Cc1ccc(S(OS(=O)(=O)C(F)(F)F)(c2ccc(C)cc2)c2ccc(C(=O)C3CCN(CCc4c(C)nc5ccccn5c4=O)CC3)cc2)cc1. The molecule has 268 valence electrons. The van der Waals surface area contributed by atoms with Gasteiger partial charge in [0, 0.05) is 50.2 Å². The molecule has 5 aromatic rings. The number of halogens is 3. The van der Waals surface area contributed by atoms with Crippen LogP contribution in [0.3, 0.4) is 0 Å². The number of aryl methyl sites for hydroxylation is 3. The van der Waals surface area contributed by atoms with E-state index in [2.05, 4.69) is 9.88 Å². The van der Waals surface area contributed by atoms with Crippen LogP contribution in [0.4, 0.5) is 13.2 Å². The molecule has 0 atom stereocenters. The zero-order valence-electron chi connectivity index (χ0n) is 28.4. The topological polar surface area (TPSA) is 98.1 Å². The minimum atomic E-state index is -6.06. The Bertz CT molecular complexity index is 2170. The summed E-state index contributed by atoms with van der Waals surface area (Å²) in [5, 5.41) is 0. The Labute approximate surface area is 296 Å². The van der Waals surface area contributed by atoms with Crippen LogP contribution in [0.5, 0.6) is 0 Å².